The topological polar surface area (TPSA) is 55.2 Å². The number of nitrogens with one attached hydrogen (secondary N) is 1. The highest BCUT2D eigenvalue weighted by molar-refractivity contribution is 9.10. The van der Waals surface area contributed by atoms with Crippen LogP contribution in [0.1, 0.15) is 18.5 Å². The van der Waals surface area contributed by atoms with Crippen molar-refractivity contribution in [2.24, 2.45) is 0 Å². The highest BCUT2D eigenvalue weighted by Gasteiger charge is 2.13. The molecular formula is C14H12BrFN2O2. The number of benzene rings is 2. The monoisotopic (exact) mass is 338 g/mol. The molecule has 0 amide bonds. The lowest BCUT2D eigenvalue weighted by molar-refractivity contribution is -0.384. The highest BCUT2D eigenvalue weighted by atomic mass is 79.9. The summed E-state index contributed by atoms with van der Waals surface area (Å²) >= 11 is 3.30. The second kappa shape index (κ2) is 6.00. The van der Waals surface area contributed by atoms with Crippen molar-refractivity contribution >= 4 is 27.3 Å². The number of anilines is 1. The van der Waals surface area contributed by atoms with Crippen LogP contribution in [-0.4, -0.2) is 4.92 Å². The number of non-ortho nitro benzene ring substituents is 1. The van der Waals surface area contributed by atoms with Gasteiger partial charge in [-0.1, -0.05) is 22.0 Å². The van der Waals surface area contributed by atoms with Gasteiger partial charge in [0.15, 0.2) is 0 Å². The van der Waals surface area contributed by atoms with Crippen LogP contribution in [0, 0.1) is 15.9 Å². The molecule has 0 fully saturated rings. The van der Waals surface area contributed by atoms with Crippen LogP contribution in [0.5, 0.6) is 0 Å². The Labute approximate surface area is 123 Å². The third-order valence-electron chi connectivity index (χ3n) is 2.86. The Hall–Kier alpha value is -1.95. The van der Waals surface area contributed by atoms with Gasteiger partial charge in [-0.15, -0.1) is 0 Å². The molecule has 2 aromatic carbocycles. The van der Waals surface area contributed by atoms with Gasteiger partial charge in [-0.25, -0.2) is 4.39 Å². The summed E-state index contributed by atoms with van der Waals surface area (Å²) in [5.41, 5.74) is 1.06. The van der Waals surface area contributed by atoms with Crippen LogP contribution in [0.15, 0.2) is 46.9 Å². The first-order valence-corrected chi connectivity index (χ1v) is 6.72. The van der Waals surface area contributed by atoms with E-state index >= 15 is 0 Å². The van der Waals surface area contributed by atoms with Gasteiger partial charge in [0.1, 0.15) is 5.82 Å². The van der Waals surface area contributed by atoms with E-state index in [1.54, 1.807) is 31.2 Å². The number of nitrogens with zero attached hydrogens (tertiary/aromatic N) is 1. The van der Waals surface area contributed by atoms with Crippen LogP contribution in [0.2, 0.25) is 0 Å². The zero-order valence-electron chi connectivity index (χ0n) is 10.6. The molecule has 0 saturated heterocycles. The smallest absolute Gasteiger partial charge is 0.271 e. The molecule has 2 aromatic rings. The third-order valence-corrected chi connectivity index (χ3v) is 3.36. The number of hydrogen-bond acceptors (Lipinski definition) is 3. The van der Waals surface area contributed by atoms with Gasteiger partial charge in [0.25, 0.3) is 5.69 Å². The molecule has 0 heterocycles. The molecule has 20 heavy (non-hydrogen) atoms. The van der Waals surface area contributed by atoms with Gasteiger partial charge in [-0.2, -0.15) is 0 Å². The highest BCUT2D eigenvalue weighted by Crippen LogP contribution is 2.26. The Morgan fingerprint density at radius 2 is 2.05 bits per heavy atom. The second-order valence-corrected chi connectivity index (χ2v) is 5.25. The van der Waals surface area contributed by atoms with E-state index in [1.165, 1.54) is 18.2 Å². The largest absolute Gasteiger partial charge is 0.378 e. The van der Waals surface area contributed by atoms with Crippen molar-refractivity contribution < 1.29 is 9.31 Å². The van der Waals surface area contributed by atoms with E-state index in [4.69, 9.17) is 0 Å². The molecule has 4 nitrogen and oxygen atoms in total. The molecule has 0 spiro atoms. The van der Waals surface area contributed by atoms with Crippen LogP contribution < -0.4 is 5.32 Å². The van der Waals surface area contributed by atoms with Crippen molar-refractivity contribution in [2.45, 2.75) is 13.0 Å². The van der Waals surface area contributed by atoms with Gasteiger partial charge in [0.05, 0.1) is 11.0 Å². The Morgan fingerprint density at radius 3 is 2.75 bits per heavy atom. The molecule has 1 N–H and O–H groups in total. The number of rotatable bonds is 4. The molecule has 1 unspecified atom stereocenters. The van der Waals surface area contributed by atoms with E-state index in [0.29, 0.717) is 11.3 Å². The quantitative estimate of drug-likeness (QED) is 0.651. The second-order valence-electron chi connectivity index (χ2n) is 4.34. The molecule has 0 aromatic heterocycles. The van der Waals surface area contributed by atoms with Gasteiger partial charge < -0.3 is 5.32 Å². The van der Waals surface area contributed by atoms with Crippen LogP contribution >= 0.6 is 15.9 Å². The summed E-state index contributed by atoms with van der Waals surface area (Å²) < 4.78 is 14.5. The van der Waals surface area contributed by atoms with Crippen LogP contribution in [-0.2, 0) is 0 Å². The van der Waals surface area contributed by atoms with Crippen LogP contribution in [0.3, 0.4) is 0 Å². The van der Waals surface area contributed by atoms with Crippen molar-refractivity contribution in [3.8, 4) is 0 Å². The predicted molar refractivity (Wildman–Crippen MR) is 79.2 cm³/mol. The summed E-state index contributed by atoms with van der Waals surface area (Å²) in [6.45, 7) is 1.80. The molecule has 0 radical (unpaired) electrons. The Bertz CT molecular complexity index is 649. The third kappa shape index (κ3) is 3.33. The van der Waals surface area contributed by atoms with E-state index in [-0.39, 0.29) is 17.5 Å². The Kier molecular flexibility index (Phi) is 4.34. The molecule has 1 atom stereocenters. The summed E-state index contributed by atoms with van der Waals surface area (Å²) in [5.74, 6) is -0.321. The number of hydrogen-bond donors (Lipinski definition) is 1. The fourth-order valence-corrected chi connectivity index (χ4v) is 2.26. The fraction of sp³-hybridized carbons (Fsp3) is 0.143. The Morgan fingerprint density at radius 1 is 1.30 bits per heavy atom. The molecule has 104 valence electrons. The average Bonchev–Trinajstić information content (AvgIpc) is 2.41. The van der Waals surface area contributed by atoms with Crippen molar-refractivity contribution in [3.63, 3.8) is 0 Å². The van der Waals surface area contributed by atoms with E-state index in [9.17, 15) is 14.5 Å². The van der Waals surface area contributed by atoms with Crippen molar-refractivity contribution in [2.75, 3.05) is 5.32 Å². The first-order chi connectivity index (χ1) is 9.47. The lowest BCUT2D eigenvalue weighted by Crippen LogP contribution is -2.08. The zero-order valence-corrected chi connectivity index (χ0v) is 12.2. The van der Waals surface area contributed by atoms with Gasteiger partial charge in [-0.05, 0) is 31.2 Å². The molecule has 0 aliphatic carbocycles. The maximum Gasteiger partial charge on any atom is 0.271 e. The summed E-state index contributed by atoms with van der Waals surface area (Å²) in [4.78, 5) is 10.3. The molecule has 6 heteroatoms. The first kappa shape index (κ1) is 14.5. The van der Waals surface area contributed by atoms with Crippen molar-refractivity contribution in [1.82, 2.24) is 0 Å². The summed E-state index contributed by atoms with van der Waals surface area (Å²) in [6.07, 6.45) is 0. The Balaban J connectivity index is 2.23. The SMILES string of the molecule is CC(Nc1cccc([N+](=O)[O-])c1)c1cc(Br)ccc1F. The summed E-state index contributed by atoms with van der Waals surface area (Å²) in [6, 6.07) is 10.5. The van der Waals surface area contributed by atoms with Gasteiger partial charge in [0.2, 0.25) is 0 Å². The molecule has 0 saturated carbocycles. The van der Waals surface area contributed by atoms with Crippen molar-refractivity contribution in [3.05, 3.63) is 68.4 Å². The maximum absolute atomic E-state index is 13.8. The standard InChI is InChI=1S/C14H12BrFN2O2/c1-9(13-7-10(15)5-6-14(13)16)17-11-3-2-4-12(8-11)18(19)20/h2-9,17H,1H3. The van der Waals surface area contributed by atoms with Crippen LogP contribution in [0.25, 0.3) is 0 Å². The lowest BCUT2D eigenvalue weighted by atomic mass is 10.1. The van der Waals surface area contributed by atoms with E-state index < -0.39 is 4.92 Å². The normalized spacial score (nSPS) is 11.9. The van der Waals surface area contributed by atoms with E-state index in [0.717, 1.165) is 4.47 Å². The number of nitro benzene ring substituents is 1. The minimum Gasteiger partial charge on any atom is -0.378 e. The van der Waals surface area contributed by atoms with Crippen LogP contribution in [0.4, 0.5) is 15.8 Å². The summed E-state index contributed by atoms with van der Waals surface area (Å²) in [5, 5.41) is 13.8. The number of nitro groups is 1. The molecule has 0 bridgehead atoms. The van der Waals surface area contributed by atoms with Crippen molar-refractivity contribution in [1.29, 1.82) is 0 Å². The predicted octanol–water partition coefficient (Wildman–Crippen LogP) is 4.67. The molecule has 0 aliphatic rings. The maximum atomic E-state index is 13.8. The van der Waals surface area contributed by atoms with Gasteiger partial charge in [-0.3, -0.25) is 10.1 Å². The minimum absolute atomic E-state index is 0.00286. The molecule has 0 aliphatic heterocycles. The lowest BCUT2D eigenvalue weighted by Gasteiger charge is -2.16. The zero-order chi connectivity index (χ0) is 14.7. The van der Waals surface area contributed by atoms with E-state index in [2.05, 4.69) is 21.2 Å². The molecular weight excluding hydrogens is 327 g/mol. The van der Waals surface area contributed by atoms with E-state index in [1.807, 2.05) is 0 Å². The summed E-state index contributed by atoms with van der Waals surface area (Å²) in [7, 11) is 0. The fourth-order valence-electron chi connectivity index (χ4n) is 1.88. The van der Waals surface area contributed by atoms with Gasteiger partial charge in [0, 0.05) is 27.9 Å². The average molecular weight is 339 g/mol. The molecule has 2 rings (SSSR count). The van der Waals surface area contributed by atoms with Gasteiger partial charge >= 0.3 is 0 Å². The minimum atomic E-state index is -0.463. The number of halogens is 2. The first-order valence-electron chi connectivity index (χ1n) is 5.93.